The van der Waals surface area contributed by atoms with Crippen molar-refractivity contribution in [2.45, 2.75) is 11.3 Å². The highest BCUT2D eigenvalue weighted by Crippen LogP contribution is 2.34. The molecule has 0 aliphatic carbocycles. The van der Waals surface area contributed by atoms with Gasteiger partial charge in [0.05, 0.1) is 36.8 Å². The maximum absolute atomic E-state index is 14.0. The highest BCUT2D eigenvalue weighted by molar-refractivity contribution is 7.92. The first-order valence-corrected chi connectivity index (χ1v) is 11.4. The van der Waals surface area contributed by atoms with Gasteiger partial charge in [-0.15, -0.1) is 0 Å². The zero-order valence-corrected chi connectivity index (χ0v) is 19.1. The second-order valence-corrected chi connectivity index (χ2v) is 8.64. The minimum atomic E-state index is -4.31. The highest BCUT2D eigenvalue weighted by Gasteiger charge is 2.25. The lowest BCUT2D eigenvalue weighted by molar-refractivity contribution is -0.121. The Hall–Kier alpha value is -4.12. The number of anilines is 1. The monoisotopic (exact) mass is 487 g/mol. The number of sulfonamides is 1. The summed E-state index contributed by atoms with van der Waals surface area (Å²) in [5, 5.41) is 0. The van der Waals surface area contributed by atoms with Crippen molar-refractivity contribution in [3.63, 3.8) is 0 Å². The Morgan fingerprint density at radius 3 is 2.24 bits per heavy atom. The van der Waals surface area contributed by atoms with Crippen LogP contribution in [0, 0.1) is 5.82 Å². The number of nitrogens with one attached hydrogen (secondary N) is 3. The molecule has 3 aromatic carbocycles. The summed E-state index contributed by atoms with van der Waals surface area (Å²) in [6, 6.07) is 16.3. The Morgan fingerprint density at radius 1 is 0.912 bits per heavy atom. The van der Waals surface area contributed by atoms with Gasteiger partial charge in [0.25, 0.3) is 15.9 Å². The van der Waals surface area contributed by atoms with E-state index in [1.165, 1.54) is 32.4 Å². The van der Waals surface area contributed by atoms with Crippen molar-refractivity contribution < 1.29 is 31.9 Å². The van der Waals surface area contributed by atoms with Crippen LogP contribution in [0.25, 0.3) is 0 Å². The fourth-order valence-corrected chi connectivity index (χ4v) is 4.14. The van der Waals surface area contributed by atoms with Gasteiger partial charge in [-0.05, 0) is 23.8 Å². The fraction of sp³-hybridized carbons (Fsp3) is 0.130. The Bertz CT molecular complexity index is 1300. The molecule has 34 heavy (non-hydrogen) atoms. The van der Waals surface area contributed by atoms with Gasteiger partial charge in [0.1, 0.15) is 5.82 Å². The Kier molecular flexibility index (Phi) is 7.69. The zero-order valence-electron chi connectivity index (χ0n) is 18.3. The average Bonchev–Trinajstić information content (AvgIpc) is 2.83. The van der Waals surface area contributed by atoms with Crippen LogP contribution in [0.1, 0.15) is 15.9 Å². The van der Waals surface area contributed by atoms with Crippen molar-refractivity contribution in [2.75, 3.05) is 18.9 Å². The van der Waals surface area contributed by atoms with E-state index < -0.39 is 27.7 Å². The third-order valence-electron chi connectivity index (χ3n) is 4.65. The van der Waals surface area contributed by atoms with Crippen LogP contribution >= 0.6 is 0 Å². The lowest BCUT2D eigenvalue weighted by atomic mass is 10.1. The average molecular weight is 488 g/mol. The molecule has 3 aromatic rings. The van der Waals surface area contributed by atoms with E-state index in [0.717, 1.165) is 23.8 Å². The van der Waals surface area contributed by atoms with Crippen LogP contribution in [0.3, 0.4) is 0 Å². The maximum atomic E-state index is 14.0. The molecule has 0 heterocycles. The van der Waals surface area contributed by atoms with Gasteiger partial charge >= 0.3 is 0 Å². The van der Waals surface area contributed by atoms with Gasteiger partial charge in [-0.1, -0.05) is 42.5 Å². The van der Waals surface area contributed by atoms with E-state index in [0.29, 0.717) is 0 Å². The molecule has 0 aromatic heterocycles. The van der Waals surface area contributed by atoms with Crippen LogP contribution in [-0.2, 0) is 21.2 Å². The molecule has 9 nitrogen and oxygen atoms in total. The maximum Gasteiger partial charge on any atom is 0.273 e. The lowest BCUT2D eigenvalue weighted by Gasteiger charge is -2.16. The van der Waals surface area contributed by atoms with E-state index in [1.807, 2.05) is 6.07 Å². The van der Waals surface area contributed by atoms with Crippen LogP contribution in [0.5, 0.6) is 11.5 Å². The van der Waals surface area contributed by atoms with E-state index in [1.54, 1.807) is 24.3 Å². The van der Waals surface area contributed by atoms with Crippen molar-refractivity contribution in [1.29, 1.82) is 0 Å². The molecule has 178 valence electrons. The summed E-state index contributed by atoms with van der Waals surface area (Å²) in [5.74, 6) is -2.22. The summed E-state index contributed by atoms with van der Waals surface area (Å²) in [6.07, 6.45) is 0.0164. The molecule has 0 aliphatic rings. The summed E-state index contributed by atoms with van der Waals surface area (Å²) in [6.45, 7) is 0. The summed E-state index contributed by atoms with van der Waals surface area (Å²) in [7, 11) is -1.78. The van der Waals surface area contributed by atoms with E-state index >= 15 is 0 Å². The third-order valence-corrected chi connectivity index (χ3v) is 5.99. The quantitative estimate of drug-likeness (QED) is 0.420. The fourth-order valence-electron chi connectivity index (χ4n) is 3.03. The molecular weight excluding hydrogens is 465 g/mol. The SMILES string of the molecule is COc1cc(S(=O)(=O)Nc2ccccc2F)cc(C(=O)NNC(=O)Cc2ccccc2)c1OC. The predicted octanol–water partition coefficient (Wildman–Crippen LogP) is 2.65. The number of hydrogen-bond donors (Lipinski definition) is 3. The van der Waals surface area contributed by atoms with Gasteiger partial charge < -0.3 is 9.47 Å². The smallest absolute Gasteiger partial charge is 0.273 e. The number of carbonyl (C=O) groups is 2. The number of amides is 2. The topological polar surface area (TPSA) is 123 Å². The number of hydrazine groups is 1. The Balaban J connectivity index is 1.86. The van der Waals surface area contributed by atoms with E-state index in [-0.39, 0.29) is 34.1 Å². The van der Waals surface area contributed by atoms with Crippen LogP contribution in [0.2, 0.25) is 0 Å². The summed E-state index contributed by atoms with van der Waals surface area (Å²) in [5.41, 5.74) is 4.75. The minimum Gasteiger partial charge on any atom is -0.493 e. The highest BCUT2D eigenvalue weighted by atomic mass is 32.2. The lowest BCUT2D eigenvalue weighted by Crippen LogP contribution is -2.42. The van der Waals surface area contributed by atoms with Gasteiger partial charge in [0.2, 0.25) is 5.91 Å². The molecule has 0 saturated heterocycles. The number of halogens is 1. The number of rotatable bonds is 8. The van der Waals surface area contributed by atoms with Crippen LogP contribution < -0.4 is 25.0 Å². The van der Waals surface area contributed by atoms with Crippen molar-refractivity contribution >= 4 is 27.5 Å². The number of benzene rings is 3. The van der Waals surface area contributed by atoms with E-state index in [9.17, 15) is 22.4 Å². The van der Waals surface area contributed by atoms with Crippen molar-refractivity contribution in [1.82, 2.24) is 10.9 Å². The van der Waals surface area contributed by atoms with Crippen LogP contribution in [0.4, 0.5) is 10.1 Å². The first-order chi connectivity index (χ1) is 16.2. The van der Waals surface area contributed by atoms with Gasteiger partial charge in [-0.3, -0.25) is 25.2 Å². The van der Waals surface area contributed by atoms with Gasteiger partial charge in [0.15, 0.2) is 11.5 Å². The molecule has 0 atom stereocenters. The number of hydrogen-bond acceptors (Lipinski definition) is 6. The molecular formula is C23H22FN3O6S. The molecule has 11 heteroatoms. The molecule has 0 unspecified atom stereocenters. The predicted molar refractivity (Wildman–Crippen MR) is 123 cm³/mol. The summed E-state index contributed by atoms with van der Waals surface area (Å²) >= 11 is 0. The van der Waals surface area contributed by atoms with Crippen LogP contribution in [-0.4, -0.2) is 34.5 Å². The van der Waals surface area contributed by atoms with Crippen molar-refractivity contribution in [2.24, 2.45) is 0 Å². The molecule has 0 saturated carbocycles. The summed E-state index contributed by atoms with van der Waals surface area (Å²) in [4.78, 5) is 24.6. The Labute approximate surface area is 195 Å². The van der Waals surface area contributed by atoms with E-state index in [2.05, 4.69) is 15.6 Å². The largest absolute Gasteiger partial charge is 0.493 e. The van der Waals surface area contributed by atoms with Gasteiger partial charge in [0, 0.05) is 6.07 Å². The standard InChI is InChI=1S/C23H22FN3O6S/c1-32-20-14-16(34(30,31)27-19-11-7-6-10-18(19)24)13-17(22(20)33-2)23(29)26-25-21(28)12-15-8-4-3-5-9-15/h3-11,13-14,27H,12H2,1-2H3,(H,25,28)(H,26,29). The summed E-state index contributed by atoms with van der Waals surface area (Å²) < 4.78 is 52.3. The van der Waals surface area contributed by atoms with Gasteiger partial charge in [-0.2, -0.15) is 0 Å². The first kappa shape index (κ1) is 24.5. The number of para-hydroxylation sites is 1. The normalized spacial score (nSPS) is 10.8. The molecule has 3 N–H and O–H groups in total. The minimum absolute atomic E-state index is 0.0164. The zero-order chi connectivity index (χ0) is 24.7. The molecule has 0 radical (unpaired) electrons. The van der Waals surface area contributed by atoms with Gasteiger partial charge in [-0.25, -0.2) is 12.8 Å². The second kappa shape index (κ2) is 10.7. The van der Waals surface area contributed by atoms with Crippen LogP contribution in [0.15, 0.2) is 71.6 Å². The van der Waals surface area contributed by atoms with E-state index in [4.69, 9.17) is 9.47 Å². The Morgan fingerprint density at radius 2 is 1.59 bits per heavy atom. The molecule has 0 spiro atoms. The second-order valence-electron chi connectivity index (χ2n) is 6.96. The molecule has 0 aliphatic heterocycles. The molecule has 2 amide bonds. The van der Waals surface area contributed by atoms with Crippen molar-refractivity contribution in [3.8, 4) is 11.5 Å². The third kappa shape index (κ3) is 5.81. The number of carbonyl (C=O) groups excluding carboxylic acids is 2. The number of ether oxygens (including phenoxy) is 2. The molecule has 0 fully saturated rings. The number of methoxy groups -OCH3 is 2. The molecule has 3 rings (SSSR count). The molecule has 0 bridgehead atoms. The van der Waals surface area contributed by atoms with Crippen molar-refractivity contribution in [3.05, 3.63) is 83.7 Å². The first-order valence-electron chi connectivity index (χ1n) is 9.91.